The molecule has 1 rings (SSSR count). The smallest absolute Gasteiger partial charge is 0.336 e. The molecule has 0 aliphatic heterocycles. The Morgan fingerprint density at radius 3 is 2.35 bits per heavy atom. The predicted molar refractivity (Wildman–Crippen MR) is 58.3 cm³/mol. The predicted octanol–water partition coefficient (Wildman–Crippen LogP) is 1.34. The van der Waals surface area contributed by atoms with Crippen molar-refractivity contribution < 1.29 is 30.3 Å². The maximum Gasteiger partial charge on any atom is 0.336 e. The summed E-state index contributed by atoms with van der Waals surface area (Å²) in [6.07, 6.45) is -0.406. The van der Waals surface area contributed by atoms with E-state index in [9.17, 15) is 25.2 Å². The topological polar surface area (TPSA) is 118 Å². The molecule has 1 aromatic rings. The summed E-state index contributed by atoms with van der Waals surface area (Å²) in [7, 11) is 0. The molecule has 0 bridgehead atoms. The summed E-state index contributed by atoms with van der Waals surface area (Å²) in [5, 5.41) is 46.7. The van der Waals surface area contributed by atoms with E-state index in [1.54, 1.807) is 6.92 Å². The van der Waals surface area contributed by atoms with E-state index in [0.29, 0.717) is 6.42 Å². The van der Waals surface area contributed by atoms with E-state index in [1.807, 2.05) is 0 Å². The molecule has 0 aromatic heterocycles. The quantitative estimate of drug-likeness (QED) is 0.508. The van der Waals surface area contributed by atoms with E-state index in [1.165, 1.54) is 0 Å². The van der Waals surface area contributed by atoms with E-state index >= 15 is 0 Å². The summed E-state index contributed by atoms with van der Waals surface area (Å²) < 4.78 is 0. The number of phenolic OH excluding ortho intramolecular Hbond substituents is 3. The summed E-state index contributed by atoms with van der Waals surface area (Å²) in [6.45, 7) is 1.78. The average molecular weight is 242 g/mol. The summed E-state index contributed by atoms with van der Waals surface area (Å²) in [5.41, 5.74) is -0.714. The van der Waals surface area contributed by atoms with Crippen molar-refractivity contribution in [3.05, 3.63) is 17.2 Å². The Bertz CT molecular complexity index is 440. The number of hydrogen-bond acceptors (Lipinski definition) is 5. The highest BCUT2D eigenvalue weighted by atomic mass is 16.4. The van der Waals surface area contributed by atoms with Gasteiger partial charge in [-0.25, -0.2) is 4.79 Å². The van der Waals surface area contributed by atoms with Gasteiger partial charge in [0.2, 0.25) is 5.75 Å². The lowest BCUT2D eigenvalue weighted by atomic mass is 9.97. The molecule has 6 nitrogen and oxygen atoms in total. The molecule has 0 spiro atoms. The van der Waals surface area contributed by atoms with E-state index in [0.717, 1.165) is 6.07 Å². The van der Waals surface area contributed by atoms with E-state index < -0.39 is 34.9 Å². The van der Waals surface area contributed by atoms with Gasteiger partial charge in [0, 0.05) is 5.56 Å². The Morgan fingerprint density at radius 1 is 1.29 bits per heavy atom. The SMILES string of the molecule is CCCC(O)c1c(C(=O)O)cc(O)c(O)c1O. The Hall–Kier alpha value is -1.95. The highest BCUT2D eigenvalue weighted by molar-refractivity contribution is 5.92. The molecule has 0 fully saturated rings. The first-order valence-electron chi connectivity index (χ1n) is 5.09. The minimum atomic E-state index is -1.40. The van der Waals surface area contributed by atoms with Crippen LogP contribution in [0.25, 0.3) is 0 Å². The van der Waals surface area contributed by atoms with Crippen LogP contribution >= 0.6 is 0 Å². The molecule has 0 aliphatic rings. The van der Waals surface area contributed by atoms with Crippen molar-refractivity contribution in [1.82, 2.24) is 0 Å². The van der Waals surface area contributed by atoms with Crippen LogP contribution in [-0.4, -0.2) is 31.5 Å². The number of rotatable bonds is 4. The molecule has 94 valence electrons. The largest absolute Gasteiger partial charge is 0.504 e. The second-order valence-corrected chi connectivity index (χ2v) is 3.66. The number of carbonyl (C=O) groups is 1. The maximum absolute atomic E-state index is 10.9. The van der Waals surface area contributed by atoms with Gasteiger partial charge >= 0.3 is 5.97 Å². The fraction of sp³-hybridized carbons (Fsp3) is 0.364. The van der Waals surface area contributed by atoms with Crippen LogP contribution in [0.5, 0.6) is 17.2 Å². The van der Waals surface area contributed by atoms with Crippen LogP contribution in [0, 0.1) is 0 Å². The lowest BCUT2D eigenvalue weighted by Gasteiger charge is -2.16. The van der Waals surface area contributed by atoms with E-state index in [2.05, 4.69) is 0 Å². The number of aromatic hydroxyl groups is 3. The molecule has 0 heterocycles. The van der Waals surface area contributed by atoms with Crippen molar-refractivity contribution in [2.24, 2.45) is 0 Å². The Balaban J connectivity index is 3.43. The lowest BCUT2D eigenvalue weighted by molar-refractivity contribution is 0.0685. The maximum atomic E-state index is 10.9. The van der Waals surface area contributed by atoms with Crippen molar-refractivity contribution in [2.45, 2.75) is 25.9 Å². The van der Waals surface area contributed by atoms with Gasteiger partial charge in [-0.2, -0.15) is 0 Å². The third kappa shape index (κ3) is 2.42. The number of carboxylic acids is 1. The molecule has 1 aromatic carbocycles. The third-order valence-corrected chi connectivity index (χ3v) is 2.42. The van der Waals surface area contributed by atoms with Gasteiger partial charge in [-0.15, -0.1) is 0 Å². The fourth-order valence-corrected chi connectivity index (χ4v) is 1.59. The zero-order chi connectivity index (χ0) is 13.2. The van der Waals surface area contributed by atoms with Gasteiger partial charge in [-0.3, -0.25) is 0 Å². The second kappa shape index (κ2) is 4.92. The van der Waals surface area contributed by atoms with Crippen LogP contribution in [0.4, 0.5) is 0 Å². The minimum Gasteiger partial charge on any atom is -0.504 e. The fourth-order valence-electron chi connectivity index (χ4n) is 1.59. The van der Waals surface area contributed by atoms with Gasteiger partial charge in [-0.1, -0.05) is 13.3 Å². The van der Waals surface area contributed by atoms with Crippen molar-refractivity contribution in [2.75, 3.05) is 0 Å². The van der Waals surface area contributed by atoms with Crippen LogP contribution in [0.15, 0.2) is 6.07 Å². The molecule has 0 aliphatic carbocycles. The Morgan fingerprint density at radius 2 is 1.88 bits per heavy atom. The van der Waals surface area contributed by atoms with Gasteiger partial charge in [0.1, 0.15) is 0 Å². The normalized spacial score (nSPS) is 12.4. The van der Waals surface area contributed by atoms with E-state index in [-0.39, 0.29) is 12.0 Å². The average Bonchev–Trinajstić information content (AvgIpc) is 2.25. The van der Waals surface area contributed by atoms with Crippen molar-refractivity contribution in [3.63, 3.8) is 0 Å². The number of benzene rings is 1. The number of phenols is 3. The van der Waals surface area contributed by atoms with Crippen LogP contribution in [0.1, 0.15) is 41.8 Å². The highest BCUT2D eigenvalue weighted by Gasteiger charge is 2.25. The molecule has 0 radical (unpaired) electrons. The van der Waals surface area contributed by atoms with Gasteiger partial charge in [0.25, 0.3) is 0 Å². The number of hydrogen-bond donors (Lipinski definition) is 5. The summed E-state index contributed by atoms with van der Waals surface area (Å²) >= 11 is 0. The van der Waals surface area contributed by atoms with Crippen molar-refractivity contribution in [3.8, 4) is 17.2 Å². The molecule has 6 heteroatoms. The standard InChI is InChI=1S/C11H14O6/c1-2-3-6(12)8-5(11(16)17)4-7(13)9(14)10(8)15/h4,6,12-15H,2-3H2,1H3,(H,16,17). The van der Waals surface area contributed by atoms with Crippen LogP contribution in [-0.2, 0) is 0 Å². The van der Waals surface area contributed by atoms with Gasteiger partial charge in [0.05, 0.1) is 11.7 Å². The summed E-state index contributed by atoms with van der Waals surface area (Å²) in [4.78, 5) is 10.9. The molecule has 17 heavy (non-hydrogen) atoms. The Kier molecular flexibility index (Phi) is 3.80. The van der Waals surface area contributed by atoms with Crippen molar-refractivity contribution in [1.29, 1.82) is 0 Å². The molecule has 0 saturated heterocycles. The number of aliphatic hydroxyl groups excluding tert-OH is 1. The van der Waals surface area contributed by atoms with Gasteiger partial charge < -0.3 is 25.5 Å². The third-order valence-electron chi connectivity index (χ3n) is 2.42. The molecular formula is C11H14O6. The molecule has 5 N–H and O–H groups in total. The molecule has 0 saturated carbocycles. The molecule has 0 amide bonds. The zero-order valence-corrected chi connectivity index (χ0v) is 9.21. The van der Waals surface area contributed by atoms with Crippen molar-refractivity contribution >= 4 is 5.97 Å². The number of carboxylic acid groups (broad SMARTS) is 1. The lowest BCUT2D eigenvalue weighted by Crippen LogP contribution is -2.07. The summed E-state index contributed by atoms with van der Waals surface area (Å²) in [5.74, 6) is -3.78. The first kappa shape index (κ1) is 13.1. The van der Waals surface area contributed by atoms with Crippen LogP contribution < -0.4 is 0 Å². The van der Waals surface area contributed by atoms with Gasteiger partial charge in [-0.05, 0) is 12.5 Å². The first-order valence-corrected chi connectivity index (χ1v) is 5.09. The van der Waals surface area contributed by atoms with Crippen LogP contribution in [0.2, 0.25) is 0 Å². The first-order chi connectivity index (χ1) is 7.90. The zero-order valence-electron chi connectivity index (χ0n) is 9.21. The minimum absolute atomic E-state index is 0.234. The molecular weight excluding hydrogens is 228 g/mol. The second-order valence-electron chi connectivity index (χ2n) is 3.66. The molecule has 1 atom stereocenters. The monoisotopic (exact) mass is 242 g/mol. The van der Waals surface area contributed by atoms with Gasteiger partial charge in [0.15, 0.2) is 11.5 Å². The Labute approximate surface area is 97.4 Å². The summed E-state index contributed by atoms with van der Waals surface area (Å²) in [6, 6.07) is 0.797. The van der Waals surface area contributed by atoms with Crippen LogP contribution in [0.3, 0.4) is 0 Å². The number of aromatic carboxylic acids is 1. The van der Waals surface area contributed by atoms with E-state index in [4.69, 9.17) is 5.11 Å². The molecule has 1 unspecified atom stereocenters. The highest BCUT2D eigenvalue weighted by Crippen LogP contribution is 2.43. The number of aliphatic hydroxyl groups is 1.